The summed E-state index contributed by atoms with van der Waals surface area (Å²) in [6.45, 7) is 3.00. The fourth-order valence-corrected chi connectivity index (χ4v) is 3.39. The summed E-state index contributed by atoms with van der Waals surface area (Å²) in [6, 6.07) is 3.55. The first-order valence-corrected chi connectivity index (χ1v) is 8.28. The molecule has 0 radical (unpaired) electrons. The highest BCUT2D eigenvalue weighted by molar-refractivity contribution is 7.91. The maximum atomic E-state index is 11.5. The monoisotopic (exact) mass is 282 g/mol. The SMILES string of the molecule is CCC(=O)c1ccc(N2CCCS(=O)(=O)CC2)cn1. The average molecular weight is 282 g/mol. The lowest BCUT2D eigenvalue weighted by Gasteiger charge is -2.21. The number of hydrogen-bond donors (Lipinski definition) is 0. The van der Waals surface area contributed by atoms with Crippen molar-refractivity contribution in [2.45, 2.75) is 19.8 Å². The minimum absolute atomic E-state index is 0.0185. The molecule has 0 unspecified atom stereocenters. The van der Waals surface area contributed by atoms with Crippen molar-refractivity contribution in [1.29, 1.82) is 0 Å². The van der Waals surface area contributed by atoms with Crippen molar-refractivity contribution in [3.8, 4) is 0 Å². The minimum atomic E-state index is -2.90. The molecule has 1 aliphatic heterocycles. The van der Waals surface area contributed by atoms with Crippen LogP contribution < -0.4 is 4.90 Å². The number of carbonyl (C=O) groups excluding carboxylic acids is 1. The molecule has 2 rings (SSSR count). The molecular weight excluding hydrogens is 264 g/mol. The number of Topliss-reactive ketones (excluding diaryl/α,β-unsaturated/α-hetero) is 1. The summed E-state index contributed by atoms with van der Waals surface area (Å²) >= 11 is 0. The van der Waals surface area contributed by atoms with Crippen LogP contribution in [-0.2, 0) is 9.84 Å². The summed E-state index contributed by atoms with van der Waals surface area (Å²) in [5, 5.41) is 0. The van der Waals surface area contributed by atoms with Crippen LogP contribution in [0, 0.1) is 0 Å². The highest BCUT2D eigenvalue weighted by Crippen LogP contribution is 2.17. The Morgan fingerprint density at radius 3 is 2.74 bits per heavy atom. The Hall–Kier alpha value is -1.43. The van der Waals surface area contributed by atoms with Crippen LogP contribution in [0.15, 0.2) is 18.3 Å². The van der Waals surface area contributed by atoms with Crippen molar-refractivity contribution >= 4 is 21.3 Å². The molecule has 19 heavy (non-hydrogen) atoms. The predicted molar refractivity (Wildman–Crippen MR) is 74.3 cm³/mol. The Kier molecular flexibility index (Phi) is 4.19. The molecule has 1 aliphatic rings. The Morgan fingerprint density at radius 2 is 2.11 bits per heavy atom. The molecule has 0 bridgehead atoms. The van der Waals surface area contributed by atoms with Crippen LogP contribution in [0.2, 0.25) is 0 Å². The molecule has 0 aliphatic carbocycles. The predicted octanol–water partition coefficient (Wildman–Crippen LogP) is 1.30. The molecule has 1 aromatic heterocycles. The third kappa shape index (κ3) is 3.53. The van der Waals surface area contributed by atoms with Gasteiger partial charge in [0.05, 0.1) is 23.4 Å². The van der Waals surface area contributed by atoms with E-state index in [1.165, 1.54) is 0 Å². The fraction of sp³-hybridized carbons (Fsp3) is 0.538. The topological polar surface area (TPSA) is 67.3 Å². The third-order valence-corrected chi connectivity index (χ3v) is 4.99. The van der Waals surface area contributed by atoms with Crippen LogP contribution in [0.5, 0.6) is 0 Å². The van der Waals surface area contributed by atoms with Crippen molar-refractivity contribution in [2.75, 3.05) is 29.5 Å². The molecule has 1 aromatic rings. The molecule has 2 heterocycles. The van der Waals surface area contributed by atoms with Gasteiger partial charge in [0.1, 0.15) is 5.69 Å². The van der Waals surface area contributed by atoms with E-state index in [1.54, 1.807) is 19.2 Å². The Labute approximate surface area is 113 Å². The normalized spacial score (nSPS) is 18.9. The van der Waals surface area contributed by atoms with E-state index in [2.05, 4.69) is 4.98 Å². The van der Waals surface area contributed by atoms with Gasteiger partial charge in [-0.2, -0.15) is 0 Å². The summed E-state index contributed by atoms with van der Waals surface area (Å²) in [5.74, 6) is 0.455. The number of nitrogens with zero attached hydrogens (tertiary/aromatic N) is 2. The van der Waals surface area contributed by atoms with Crippen molar-refractivity contribution in [2.24, 2.45) is 0 Å². The van der Waals surface area contributed by atoms with Gasteiger partial charge in [0.15, 0.2) is 15.6 Å². The van der Waals surface area contributed by atoms with Crippen molar-refractivity contribution < 1.29 is 13.2 Å². The summed E-state index contributed by atoms with van der Waals surface area (Å²) in [6.07, 6.45) is 2.73. The summed E-state index contributed by atoms with van der Waals surface area (Å²) < 4.78 is 23.1. The number of aromatic nitrogens is 1. The average Bonchev–Trinajstić information content (AvgIpc) is 2.59. The third-order valence-electron chi connectivity index (χ3n) is 3.28. The van der Waals surface area contributed by atoms with E-state index in [0.29, 0.717) is 31.6 Å². The van der Waals surface area contributed by atoms with E-state index in [0.717, 1.165) is 5.69 Å². The lowest BCUT2D eigenvalue weighted by molar-refractivity contribution is 0.0983. The quantitative estimate of drug-likeness (QED) is 0.782. The van der Waals surface area contributed by atoms with E-state index in [1.807, 2.05) is 11.0 Å². The first kappa shape index (κ1) is 14.0. The Morgan fingerprint density at radius 1 is 1.32 bits per heavy atom. The number of carbonyl (C=O) groups is 1. The van der Waals surface area contributed by atoms with Crippen molar-refractivity contribution in [3.05, 3.63) is 24.0 Å². The van der Waals surface area contributed by atoms with E-state index in [4.69, 9.17) is 0 Å². The van der Waals surface area contributed by atoms with Crippen molar-refractivity contribution in [3.63, 3.8) is 0 Å². The van der Waals surface area contributed by atoms with E-state index >= 15 is 0 Å². The van der Waals surface area contributed by atoms with Crippen LogP contribution in [0.1, 0.15) is 30.3 Å². The molecule has 1 saturated heterocycles. The zero-order valence-electron chi connectivity index (χ0n) is 11.0. The molecule has 0 N–H and O–H groups in total. The lowest BCUT2D eigenvalue weighted by Crippen LogP contribution is -2.26. The van der Waals surface area contributed by atoms with Gasteiger partial charge in [-0.15, -0.1) is 0 Å². The molecule has 6 heteroatoms. The van der Waals surface area contributed by atoms with Crippen LogP contribution in [0.4, 0.5) is 5.69 Å². The molecule has 0 aromatic carbocycles. The number of pyridine rings is 1. The number of sulfone groups is 1. The van der Waals surface area contributed by atoms with Crippen molar-refractivity contribution in [1.82, 2.24) is 4.98 Å². The van der Waals surface area contributed by atoms with Gasteiger partial charge >= 0.3 is 0 Å². The molecule has 0 saturated carbocycles. The molecular formula is C13H18N2O3S. The van der Waals surface area contributed by atoms with Crippen LogP contribution >= 0.6 is 0 Å². The fourth-order valence-electron chi connectivity index (χ4n) is 2.12. The van der Waals surface area contributed by atoms with Gasteiger partial charge in [-0.05, 0) is 18.6 Å². The Bertz CT molecular complexity index is 552. The second-order valence-electron chi connectivity index (χ2n) is 4.67. The van der Waals surface area contributed by atoms with Gasteiger partial charge in [-0.3, -0.25) is 9.78 Å². The summed E-state index contributed by atoms with van der Waals surface area (Å²) in [5.41, 5.74) is 1.35. The molecule has 0 amide bonds. The maximum Gasteiger partial charge on any atom is 0.180 e. The van der Waals surface area contributed by atoms with E-state index < -0.39 is 9.84 Å². The van der Waals surface area contributed by atoms with Gasteiger partial charge < -0.3 is 4.90 Å². The standard InChI is InChI=1S/C13H18N2O3S/c1-2-13(16)12-5-4-11(10-14-12)15-6-3-8-19(17,18)9-7-15/h4-5,10H,2-3,6-9H2,1H3. The number of anilines is 1. The summed E-state index contributed by atoms with van der Waals surface area (Å²) in [7, 11) is -2.90. The van der Waals surface area contributed by atoms with Gasteiger partial charge in [-0.1, -0.05) is 6.92 Å². The van der Waals surface area contributed by atoms with Gasteiger partial charge in [-0.25, -0.2) is 8.42 Å². The molecule has 0 spiro atoms. The van der Waals surface area contributed by atoms with Gasteiger partial charge in [0, 0.05) is 19.5 Å². The molecule has 0 atom stereocenters. The van der Waals surface area contributed by atoms with E-state index in [-0.39, 0.29) is 17.3 Å². The number of rotatable bonds is 3. The highest BCUT2D eigenvalue weighted by Gasteiger charge is 2.19. The minimum Gasteiger partial charge on any atom is -0.369 e. The van der Waals surface area contributed by atoms with Gasteiger partial charge in [0.2, 0.25) is 0 Å². The lowest BCUT2D eigenvalue weighted by atomic mass is 10.2. The van der Waals surface area contributed by atoms with Gasteiger partial charge in [0.25, 0.3) is 0 Å². The molecule has 5 nitrogen and oxygen atoms in total. The zero-order chi connectivity index (χ0) is 13.9. The maximum absolute atomic E-state index is 11.5. The first-order chi connectivity index (χ1) is 9.02. The second kappa shape index (κ2) is 5.69. The molecule has 104 valence electrons. The first-order valence-electron chi connectivity index (χ1n) is 6.46. The largest absolute Gasteiger partial charge is 0.369 e. The smallest absolute Gasteiger partial charge is 0.180 e. The molecule has 1 fully saturated rings. The number of ketones is 1. The second-order valence-corrected chi connectivity index (χ2v) is 6.97. The zero-order valence-corrected chi connectivity index (χ0v) is 11.8. The Balaban J connectivity index is 2.12. The van der Waals surface area contributed by atoms with E-state index in [9.17, 15) is 13.2 Å². The van der Waals surface area contributed by atoms with Crippen LogP contribution in [-0.4, -0.2) is 43.8 Å². The van der Waals surface area contributed by atoms with Crippen LogP contribution in [0.25, 0.3) is 0 Å². The highest BCUT2D eigenvalue weighted by atomic mass is 32.2. The summed E-state index contributed by atoms with van der Waals surface area (Å²) in [4.78, 5) is 17.6. The number of hydrogen-bond acceptors (Lipinski definition) is 5. The van der Waals surface area contributed by atoms with Crippen LogP contribution in [0.3, 0.4) is 0 Å².